The predicted octanol–water partition coefficient (Wildman–Crippen LogP) is 3.95. The summed E-state index contributed by atoms with van der Waals surface area (Å²) in [6.07, 6.45) is 2.46. The number of hydrogen-bond acceptors (Lipinski definition) is 3. The third-order valence-electron chi connectivity index (χ3n) is 1.84. The van der Waals surface area contributed by atoms with E-state index in [9.17, 15) is 5.11 Å². The molecule has 1 N–H and O–H groups in total. The first kappa shape index (κ1) is 10.4. The lowest BCUT2D eigenvalue weighted by molar-refractivity contribution is 0.219. The highest BCUT2D eigenvalue weighted by molar-refractivity contribution is 9.12. The van der Waals surface area contributed by atoms with E-state index in [1.807, 2.05) is 6.07 Å². The molecule has 1 atom stereocenters. The molecule has 0 spiro atoms. The molecule has 0 fully saturated rings. The van der Waals surface area contributed by atoms with Gasteiger partial charge in [-0.2, -0.15) is 0 Å². The van der Waals surface area contributed by atoms with E-state index in [1.54, 1.807) is 18.6 Å². The van der Waals surface area contributed by atoms with E-state index >= 15 is 0 Å². The molecule has 5 heteroatoms. The Kier molecular flexibility index (Phi) is 3.11. The lowest BCUT2D eigenvalue weighted by Gasteiger charge is -2.05. The van der Waals surface area contributed by atoms with Gasteiger partial charge in [-0.15, -0.1) is 11.3 Å². The van der Waals surface area contributed by atoms with Gasteiger partial charge in [-0.1, -0.05) is 0 Å². The predicted molar refractivity (Wildman–Crippen MR) is 62.5 cm³/mol. The molecular weight excluding hydrogens is 332 g/mol. The maximum atomic E-state index is 9.97. The van der Waals surface area contributed by atoms with Crippen molar-refractivity contribution in [2.45, 2.75) is 6.10 Å². The molecule has 0 aromatic carbocycles. The zero-order valence-corrected chi connectivity index (χ0v) is 10.9. The molecular formula is C9H6Br2O2S. The molecule has 0 aliphatic carbocycles. The number of hydrogen-bond donors (Lipinski definition) is 1. The first-order valence-corrected chi connectivity index (χ1v) is 6.23. The van der Waals surface area contributed by atoms with Crippen molar-refractivity contribution in [1.82, 2.24) is 0 Å². The van der Waals surface area contributed by atoms with Gasteiger partial charge in [-0.05, 0) is 44.0 Å². The molecule has 0 aliphatic rings. The molecule has 2 aromatic rings. The summed E-state index contributed by atoms with van der Waals surface area (Å²) in [6, 6.07) is 3.65. The Morgan fingerprint density at radius 2 is 2.21 bits per heavy atom. The van der Waals surface area contributed by atoms with Crippen molar-refractivity contribution in [2.24, 2.45) is 0 Å². The highest BCUT2D eigenvalue weighted by Crippen LogP contribution is 2.37. The summed E-state index contributed by atoms with van der Waals surface area (Å²) in [7, 11) is 0. The normalized spacial score (nSPS) is 13.1. The van der Waals surface area contributed by atoms with E-state index in [4.69, 9.17) is 4.42 Å². The molecule has 0 aliphatic heterocycles. The highest BCUT2D eigenvalue weighted by Gasteiger charge is 2.17. The molecule has 0 bridgehead atoms. The van der Waals surface area contributed by atoms with Crippen LogP contribution in [-0.4, -0.2) is 5.11 Å². The van der Waals surface area contributed by atoms with Crippen molar-refractivity contribution in [3.05, 3.63) is 43.4 Å². The summed E-state index contributed by atoms with van der Waals surface area (Å²) >= 11 is 8.31. The van der Waals surface area contributed by atoms with Crippen LogP contribution in [0, 0.1) is 0 Å². The molecule has 0 saturated heterocycles. The number of aliphatic hydroxyl groups excluding tert-OH is 1. The Morgan fingerprint density at radius 1 is 1.43 bits per heavy atom. The first-order valence-electron chi connectivity index (χ1n) is 3.83. The van der Waals surface area contributed by atoms with Crippen molar-refractivity contribution in [3.63, 3.8) is 0 Å². The van der Waals surface area contributed by atoms with Crippen LogP contribution in [0.3, 0.4) is 0 Å². The smallest absolute Gasteiger partial charge is 0.109 e. The minimum atomic E-state index is -0.634. The van der Waals surface area contributed by atoms with Crippen molar-refractivity contribution in [1.29, 1.82) is 0 Å². The summed E-state index contributed by atoms with van der Waals surface area (Å²) in [6.45, 7) is 0. The minimum absolute atomic E-state index is 0.634. The zero-order chi connectivity index (χ0) is 10.1. The fraction of sp³-hybridized carbons (Fsp3) is 0.111. The Balaban J connectivity index is 2.36. The summed E-state index contributed by atoms with van der Waals surface area (Å²) in [4.78, 5) is 0. The van der Waals surface area contributed by atoms with E-state index in [0.29, 0.717) is 0 Å². The fourth-order valence-corrected chi connectivity index (χ4v) is 4.03. The highest BCUT2D eigenvalue weighted by atomic mass is 79.9. The Labute approximate surface area is 102 Å². The molecule has 74 valence electrons. The molecule has 0 saturated carbocycles. The van der Waals surface area contributed by atoms with Gasteiger partial charge in [-0.3, -0.25) is 0 Å². The second kappa shape index (κ2) is 4.18. The number of thiophene rings is 1. The van der Waals surface area contributed by atoms with Crippen LogP contribution < -0.4 is 0 Å². The number of aliphatic hydroxyl groups is 1. The van der Waals surface area contributed by atoms with E-state index in [2.05, 4.69) is 31.9 Å². The second-order valence-electron chi connectivity index (χ2n) is 2.74. The fourth-order valence-electron chi connectivity index (χ4n) is 1.15. The summed E-state index contributed by atoms with van der Waals surface area (Å²) in [5.41, 5.74) is 1.61. The van der Waals surface area contributed by atoms with Gasteiger partial charge < -0.3 is 9.52 Å². The van der Waals surface area contributed by atoms with Gasteiger partial charge in [0.05, 0.1) is 20.1 Å². The third kappa shape index (κ3) is 1.95. The lowest BCUT2D eigenvalue weighted by Crippen LogP contribution is -1.96. The van der Waals surface area contributed by atoms with Crippen LogP contribution in [0.2, 0.25) is 0 Å². The van der Waals surface area contributed by atoms with Crippen LogP contribution in [-0.2, 0) is 0 Å². The standard InChI is InChI=1S/C9H6Br2O2S/c10-7-3-6(9(11)14-7)8(12)5-1-2-13-4-5/h1-4,8,12H. The van der Waals surface area contributed by atoms with Gasteiger partial charge in [0.15, 0.2) is 0 Å². The topological polar surface area (TPSA) is 33.4 Å². The summed E-state index contributed by atoms with van der Waals surface area (Å²) in [5.74, 6) is 0. The van der Waals surface area contributed by atoms with Crippen molar-refractivity contribution >= 4 is 43.2 Å². The van der Waals surface area contributed by atoms with Crippen LogP contribution in [0.25, 0.3) is 0 Å². The van der Waals surface area contributed by atoms with Crippen LogP contribution >= 0.6 is 43.2 Å². The molecule has 0 amide bonds. The largest absolute Gasteiger partial charge is 0.472 e. The summed E-state index contributed by atoms with van der Waals surface area (Å²) in [5, 5.41) is 9.97. The maximum absolute atomic E-state index is 9.97. The van der Waals surface area contributed by atoms with Crippen LogP contribution in [0.15, 0.2) is 36.6 Å². The average Bonchev–Trinajstić information content (AvgIpc) is 2.73. The van der Waals surface area contributed by atoms with Crippen LogP contribution in [0.1, 0.15) is 17.2 Å². The Morgan fingerprint density at radius 3 is 2.71 bits per heavy atom. The van der Waals surface area contributed by atoms with Gasteiger partial charge in [0.25, 0.3) is 0 Å². The number of halogens is 2. The van der Waals surface area contributed by atoms with E-state index < -0.39 is 6.10 Å². The van der Waals surface area contributed by atoms with Crippen molar-refractivity contribution in [2.75, 3.05) is 0 Å². The van der Waals surface area contributed by atoms with Gasteiger partial charge >= 0.3 is 0 Å². The molecule has 2 aromatic heterocycles. The molecule has 0 radical (unpaired) electrons. The van der Waals surface area contributed by atoms with Gasteiger partial charge in [0.1, 0.15) is 6.10 Å². The quantitative estimate of drug-likeness (QED) is 0.900. The third-order valence-corrected chi connectivity index (χ3v) is 4.22. The lowest BCUT2D eigenvalue weighted by atomic mass is 10.1. The van der Waals surface area contributed by atoms with E-state index in [0.717, 1.165) is 18.7 Å². The van der Waals surface area contributed by atoms with E-state index in [1.165, 1.54) is 11.3 Å². The minimum Gasteiger partial charge on any atom is -0.472 e. The van der Waals surface area contributed by atoms with E-state index in [-0.39, 0.29) is 0 Å². The summed E-state index contributed by atoms with van der Waals surface area (Å²) < 4.78 is 6.84. The average molecular weight is 338 g/mol. The molecule has 2 nitrogen and oxygen atoms in total. The van der Waals surface area contributed by atoms with Crippen molar-refractivity contribution in [3.8, 4) is 0 Å². The van der Waals surface area contributed by atoms with Gasteiger partial charge in [0, 0.05) is 11.1 Å². The monoisotopic (exact) mass is 336 g/mol. The molecule has 2 heterocycles. The van der Waals surface area contributed by atoms with Gasteiger partial charge in [-0.25, -0.2) is 0 Å². The SMILES string of the molecule is OC(c1ccoc1)c1cc(Br)sc1Br. The second-order valence-corrected chi connectivity index (χ2v) is 6.49. The van der Waals surface area contributed by atoms with Gasteiger partial charge in [0.2, 0.25) is 0 Å². The molecule has 14 heavy (non-hydrogen) atoms. The number of rotatable bonds is 2. The molecule has 1 unspecified atom stereocenters. The van der Waals surface area contributed by atoms with Crippen molar-refractivity contribution < 1.29 is 9.52 Å². The Hall–Kier alpha value is -0.100. The zero-order valence-electron chi connectivity index (χ0n) is 6.91. The van der Waals surface area contributed by atoms with Crippen LogP contribution in [0.4, 0.5) is 0 Å². The maximum Gasteiger partial charge on any atom is 0.109 e. The number of furan rings is 1. The first-order chi connectivity index (χ1) is 6.68. The van der Waals surface area contributed by atoms with Crippen LogP contribution in [0.5, 0.6) is 0 Å². The Bertz CT molecular complexity index is 422. The molecule has 2 rings (SSSR count).